The average Bonchev–Trinajstić information content (AvgIpc) is 3.02. The SMILES string of the molecule is O=C([O-])CC/C(=N/NC(=O)c1cccs1)c1ccccc1. The predicted molar refractivity (Wildman–Crippen MR) is 79.0 cm³/mol. The van der Waals surface area contributed by atoms with E-state index in [0.29, 0.717) is 10.6 Å². The molecule has 0 aliphatic heterocycles. The highest BCUT2D eigenvalue weighted by Gasteiger charge is 2.08. The molecule has 0 radical (unpaired) electrons. The van der Waals surface area contributed by atoms with Crippen molar-refractivity contribution in [3.8, 4) is 0 Å². The lowest BCUT2D eigenvalue weighted by molar-refractivity contribution is -0.305. The van der Waals surface area contributed by atoms with Gasteiger partial charge in [-0.2, -0.15) is 5.10 Å². The van der Waals surface area contributed by atoms with Gasteiger partial charge in [0.1, 0.15) is 0 Å². The molecule has 6 heteroatoms. The van der Waals surface area contributed by atoms with Crippen molar-refractivity contribution in [3.63, 3.8) is 0 Å². The number of nitrogens with one attached hydrogen (secondary N) is 1. The van der Waals surface area contributed by atoms with Crippen LogP contribution in [0, 0.1) is 0 Å². The third kappa shape index (κ3) is 4.54. The number of carboxylic acid groups (broad SMARTS) is 1. The Morgan fingerprint density at radius 1 is 1.10 bits per heavy atom. The summed E-state index contributed by atoms with van der Waals surface area (Å²) in [5.41, 5.74) is 3.73. The number of hydrazone groups is 1. The van der Waals surface area contributed by atoms with Crippen LogP contribution in [0.15, 0.2) is 52.9 Å². The van der Waals surface area contributed by atoms with Crippen molar-refractivity contribution in [1.29, 1.82) is 0 Å². The Balaban J connectivity index is 2.12. The maximum atomic E-state index is 11.8. The molecule has 2 rings (SSSR count). The Morgan fingerprint density at radius 2 is 1.86 bits per heavy atom. The number of hydrogen-bond acceptors (Lipinski definition) is 5. The van der Waals surface area contributed by atoms with E-state index in [1.165, 1.54) is 11.3 Å². The van der Waals surface area contributed by atoms with Crippen LogP contribution < -0.4 is 10.5 Å². The molecule has 108 valence electrons. The van der Waals surface area contributed by atoms with Gasteiger partial charge in [-0.25, -0.2) is 5.43 Å². The van der Waals surface area contributed by atoms with Crippen LogP contribution in [0.1, 0.15) is 28.1 Å². The first kappa shape index (κ1) is 14.9. The minimum absolute atomic E-state index is 0.150. The van der Waals surface area contributed by atoms with Gasteiger partial charge in [0, 0.05) is 5.97 Å². The smallest absolute Gasteiger partial charge is 0.281 e. The van der Waals surface area contributed by atoms with Crippen LogP contribution in [0.4, 0.5) is 0 Å². The van der Waals surface area contributed by atoms with Gasteiger partial charge in [-0.1, -0.05) is 36.4 Å². The van der Waals surface area contributed by atoms with Gasteiger partial charge in [0.2, 0.25) is 0 Å². The lowest BCUT2D eigenvalue weighted by Crippen LogP contribution is -2.24. The van der Waals surface area contributed by atoms with Crippen LogP contribution in [0.25, 0.3) is 0 Å². The van der Waals surface area contributed by atoms with Crippen molar-refractivity contribution < 1.29 is 14.7 Å². The van der Waals surface area contributed by atoms with Crippen molar-refractivity contribution in [2.24, 2.45) is 5.10 Å². The minimum Gasteiger partial charge on any atom is -0.550 e. The molecule has 21 heavy (non-hydrogen) atoms. The maximum absolute atomic E-state index is 11.8. The molecule has 1 amide bonds. The fraction of sp³-hybridized carbons (Fsp3) is 0.133. The molecule has 2 aromatic rings. The second kappa shape index (κ2) is 7.35. The second-order valence-electron chi connectivity index (χ2n) is 4.21. The van der Waals surface area contributed by atoms with Gasteiger partial charge in [0.15, 0.2) is 0 Å². The summed E-state index contributed by atoms with van der Waals surface area (Å²) in [5.74, 6) is -1.46. The van der Waals surface area contributed by atoms with Crippen molar-refractivity contribution in [3.05, 3.63) is 58.3 Å². The van der Waals surface area contributed by atoms with Crippen LogP contribution in [-0.2, 0) is 4.79 Å². The quantitative estimate of drug-likeness (QED) is 0.647. The summed E-state index contributed by atoms with van der Waals surface area (Å²) in [6.07, 6.45) is 0.0413. The Bertz CT molecular complexity index is 636. The van der Waals surface area contributed by atoms with Gasteiger partial charge in [-0.15, -0.1) is 11.3 Å². The number of carboxylic acids is 1. The Morgan fingerprint density at radius 3 is 2.48 bits per heavy atom. The Hall–Kier alpha value is -2.47. The van der Waals surface area contributed by atoms with Gasteiger partial charge in [0.05, 0.1) is 10.6 Å². The molecular weight excluding hydrogens is 288 g/mol. The van der Waals surface area contributed by atoms with Crippen molar-refractivity contribution in [2.45, 2.75) is 12.8 Å². The number of carbonyl (C=O) groups excluding carboxylic acids is 2. The summed E-state index contributed by atoms with van der Waals surface area (Å²) in [5, 5.41) is 16.5. The highest BCUT2D eigenvalue weighted by Crippen LogP contribution is 2.09. The molecule has 0 spiro atoms. The predicted octanol–water partition coefficient (Wildman–Crippen LogP) is 1.41. The Labute approximate surface area is 125 Å². The third-order valence-electron chi connectivity index (χ3n) is 2.71. The van der Waals surface area contributed by atoms with E-state index in [9.17, 15) is 14.7 Å². The molecule has 1 aromatic heterocycles. The van der Waals surface area contributed by atoms with E-state index in [2.05, 4.69) is 10.5 Å². The number of hydrogen-bond donors (Lipinski definition) is 1. The van der Waals surface area contributed by atoms with Crippen molar-refractivity contribution >= 4 is 28.9 Å². The fourth-order valence-corrected chi connectivity index (χ4v) is 2.31. The summed E-state index contributed by atoms with van der Waals surface area (Å²) in [4.78, 5) is 23.0. The zero-order valence-electron chi connectivity index (χ0n) is 11.1. The molecule has 1 aromatic carbocycles. The van der Waals surface area contributed by atoms with Crippen LogP contribution in [0.2, 0.25) is 0 Å². The molecule has 0 saturated carbocycles. The normalized spacial score (nSPS) is 11.1. The number of amides is 1. The van der Waals surface area contributed by atoms with E-state index < -0.39 is 5.97 Å². The molecule has 0 fully saturated rings. The molecule has 0 unspecified atom stereocenters. The maximum Gasteiger partial charge on any atom is 0.281 e. The van der Waals surface area contributed by atoms with E-state index >= 15 is 0 Å². The largest absolute Gasteiger partial charge is 0.550 e. The van der Waals surface area contributed by atoms with E-state index in [4.69, 9.17) is 0 Å². The Kier molecular flexibility index (Phi) is 5.22. The van der Waals surface area contributed by atoms with E-state index in [1.54, 1.807) is 17.5 Å². The molecule has 0 bridgehead atoms. The number of aliphatic carboxylic acids is 1. The van der Waals surface area contributed by atoms with Gasteiger partial charge in [-0.05, 0) is 29.9 Å². The monoisotopic (exact) mass is 301 g/mol. The third-order valence-corrected chi connectivity index (χ3v) is 3.58. The van der Waals surface area contributed by atoms with E-state index in [0.717, 1.165) is 5.56 Å². The van der Waals surface area contributed by atoms with Gasteiger partial charge in [-0.3, -0.25) is 4.79 Å². The summed E-state index contributed by atoms with van der Waals surface area (Å²) >= 11 is 1.31. The average molecular weight is 301 g/mol. The molecule has 5 nitrogen and oxygen atoms in total. The lowest BCUT2D eigenvalue weighted by atomic mass is 10.1. The minimum atomic E-state index is -1.15. The molecular formula is C15H13N2O3S-. The van der Waals surface area contributed by atoms with Gasteiger partial charge >= 0.3 is 0 Å². The molecule has 1 heterocycles. The number of thiophene rings is 1. The number of rotatable bonds is 6. The molecule has 0 aliphatic rings. The van der Waals surface area contributed by atoms with Gasteiger partial charge in [0.25, 0.3) is 5.91 Å². The fourth-order valence-electron chi connectivity index (χ4n) is 1.70. The first-order valence-electron chi connectivity index (χ1n) is 6.32. The lowest BCUT2D eigenvalue weighted by Gasteiger charge is -2.08. The number of benzene rings is 1. The first-order valence-corrected chi connectivity index (χ1v) is 7.20. The highest BCUT2D eigenvalue weighted by molar-refractivity contribution is 7.12. The molecule has 0 aliphatic carbocycles. The molecule has 0 saturated heterocycles. The topological polar surface area (TPSA) is 81.6 Å². The van der Waals surface area contributed by atoms with Crippen molar-refractivity contribution in [2.75, 3.05) is 0 Å². The van der Waals surface area contributed by atoms with E-state index in [-0.39, 0.29) is 18.7 Å². The summed E-state index contributed by atoms with van der Waals surface area (Å²) in [6, 6.07) is 12.6. The van der Waals surface area contributed by atoms with Crippen molar-refractivity contribution in [1.82, 2.24) is 5.43 Å². The first-order chi connectivity index (χ1) is 10.2. The van der Waals surface area contributed by atoms with Crippen LogP contribution in [0.5, 0.6) is 0 Å². The van der Waals surface area contributed by atoms with Crippen LogP contribution in [-0.4, -0.2) is 17.6 Å². The van der Waals surface area contributed by atoms with Gasteiger partial charge < -0.3 is 9.90 Å². The van der Waals surface area contributed by atoms with Crippen LogP contribution >= 0.6 is 11.3 Å². The highest BCUT2D eigenvalue weighted by atomic mass is 32.1. The second-order valence-corrected chi connectivity index (χ2v) is 5.16. The van der Waals surface area contributed by atoms with E-state index in [1.807, 2.05) is 30.3 Å². The molecule has 0 atom stereocenters. The molecule has 1 N–H and O–H groups in total. The summed E-state index contributed by atoms with van der Waals surface area (Å²) in [6.45, 7) is 0. The zero-order valence-corrected chi connectivity index (χ0v) is 11.9. The number of nitrogens with zero attached hydrogens (tertiary/aromatic N) is 1. The summed E-state index contributed by atoms with van der Waals surface area (Å²) in [7, 11) is 0. The number of carbonyl (C=O) groups is 2. The standard InChI is InChI=1S/C15H14N2O3S/c18-14(19)9-8-12(11-5-2-1-3-6-11)16-17-15(20)13-7-4-10-21-13/h1-7,10H,8-9H2,(H,17,20)(H,18,19)/p-1/b16-12-. The zero-order chi connectivity index (χ0) is 15.1. The summed E-state index contributed by atoms with van der Waals surface area (Å²) < 4.78 is 0. The van der Waals surface area contributed by atoms with Crippen LogP contribution in [0.3, 0.4) is 0 Å².